The molecule has 0 spiro atoms. The van der Waals surface area contributed by atoms with E-state index in [0.29, 0.717) is 6.61 Å². The molecule has 0 aromatic carbocycles. The number of halogens is 1. The first-order valence-electron chi connectivity index (χ1n) is 6.75. The highest BCUT2D eigenvalue weighted by atomic mass is 79.9. The quantitative estimate of drug-likeness (QED) is 0.508. The monoisotopic (exact) mass is 307 g/mol. The zero-order valence-corrected chi connectivity index (χ0v) is 12.6. The summed E-state index contributed by atoms with van der Waals surface area (Å²) >= 11 is 3.64. The van der Waals surface area contributed by atoms with E-state index in [1.54, 1.807) is 7.11 Å². The number of ether oxygens (including phenoxy) is 2. The lowest BCUT2D eigenvalue weighted by Gasteiger charge is -2.28. The summed E-state index contributed by atoms with van der Waals surface area (Å²) in [5.41, 5.74) is 0. The molecule has 0 aromatic heterocycles. The van der Waals surface area contributed by atoms with Crippen LogP contribution in [0.15, 0.2) is 0 Å². The molecule has 17 heavy (non-hydrogen) atoms. The fraction of sp³-hybridized carbons (Fsp3) is 1.00. The number of nitrogens with zero attached hydrogens (tertiary/aromatic N) is 1. The standard InChI is InChI=1S/C13H26BrNO2/c1-16-10-11-17-9-5-8-15-7-4-2-3-6-13(15)12-14/h13H,2-12H2,1H3. The Hall–Kier alpha value is 0.360. The van der Waals surface area contributed by atoms with Crippen LogP contribution in [0.5, 0.6) is 0 Å². The third-order valence-corrected chi connectivity index (χ3v) is 4.09. The molecule has 0 saturated carbocycles. The van der Waals surface area contributed by atoms with Crippen molar-refractivity contribution in [1.29, 1.82) is 0 Å². The van der Waals surface area contributed by atoms with E-state index in [-0.39, 0.29) is 0 Å². The number of hydrogen-bond acceptors (Lipinski definition) is 3. The van der Waals surface area contributed by atoms with Gasteiger partial charge in [-0.15, -0.1) is 0 Å². The van der Waals surface area contributed by atoms with E-state index in [2.05, 4.69) is 20.8 Å². The minimum absolute atomic E-state index is 0.702. The van der Waals surface area contributed by atoms with Crippen LogP contribution in [0.2, 0.25) is 0 Å². The van der Waals surface area contributed by atoms with Crippen molar-refractivity contribution < 1.29 is 9.47 Å². The van der Waals surface area contributed by atoms with Crippen LogP contribution in [-0.4, -0.2) is 56.3 Å². The van der Waals surface area contributed by atoms with Gasteiger partial charge in [-0.2, -0.15) is 0 Å². The van der Waals surface area contributed by atoms with Crippen LogP contribution in [0, 0.1) is 0 Å². The van der Waals surface area contributed by atoms with Gasteiger partial charge in [-0.3, -0.25) is 4.90 Å². The predicted molar refractivity (Wildman–Crippen MR) is 74.9 cm³/mol. The van der Waals surface area contributed by atoms with Crippen molar-refractivity contribution >= 4 is 15.9 Å². The minimum atomic E-state index is 0.702. The zero-order valence-electron chi connectivity index (χ0n) is 11.0. The van der Waals surface area contributed by atoms with E-state index in [4.69, 9.17) is 9.47 Å². The fourth-order valence-corrected chi connectivity index (χ4v) is 3.05. The lowest BCUT2D eigenvalue weighted by Crippen LogP contribution is -2.37. The molecule has 1 fully saturated rings. The van der Waals surface area contributed by atoms with Crippen LogP contribution in [0.25, 0.3) is 0 Å². The van der Waals surface area contributed by atoms with Gasteiger partial charge in [-0.1, -0.05) is 28.8 Å². The Bertz CT molecular complexity index is 181. The molecule has 1 aliphatic heterocycles. The molecule has 102 valence electrons. The summed E-state index contributed by atoms with van der Waals surface area (Å²) in [5.74, 6) is 0. The van der Waals surface area contributed by atoms with Crippen LogP contribution in [0.3, 0.4) is 0 Å². The van der Waals surface area contributed by atoms with E-state index in [9.17, 15) is 0 Å². The molecule has 0 amide bonds. The van der Waals surface area contributed by atoms with Gasteiger partial charge in [-0.05, 0) is 25.8 Å². The molecule has 1 aliphatic rings. The summed E-state index contributed by atoms with van der Waals surface area (Å²) in [6.07, 6.45) is 6.61. The summed E-state index contributed by atoms with van der Waals surface area (Å²) in [4.78, 5) is 2.63. The van der Waals surface area contributed by atoms with E-state index in [0.717, 1.165) is 31.0 Å². The fourth-order valence-electron chi connectivity index (χ4n) is 2.32. The second-order valence-electron chi connectivity index (χ2n) is 4.65. The van der Waals surface area contributed by atoms with E-state index in [1.807, 2.05) is 0 Å². The first-order valence-corrected chi connectivity index (χ1v) is 7.87. The Morgan fingerprint density at radius 3 is 2.82 bits per heavy atom. The van der Waals surface area contributed by atoms with Gasteiger partial charge in [0.05, 0.1) is 13.2 Å². The molecule has 1 atom stereocenters. The normalized spacial score (nSPS) is 22.6. The molecule has 0 radical (unpaired) electrons. The maximum atomic E-state index is 5.50. The Morgan fingerprint density at radius 2 is 2.06 bits per heavy atom. The van der Waals surface area contributed by atoms with Gasteiger partial charge < -0.3 is 9.47 Å². The first-order chi connectivity index (χ1) is 8.38. The third-order valence-electron chi connectivity index (χ3n) is 3.34. The van der Waals surface area contributed by atoms with Crippen molar-refractivity contribution in [2.75, 3.05) is 45.4 Å². The van der Waals surface area contributed by atoms with Crippen LogP contribution in [0.1, 0.15) is 32.1 Å². The van der Waals surface area contributed by atoms with Crippen molar-refractivity contribution in [3.8, 4) is 0 Å². The molecule has 1 unspecified atom stereocenters. The highest BCUT2D eigenvalue weighted by Crippen LogP contribution is 2.18. The average molecular weight is 308 g/mol. The third kappa shape index (κ3) is 6.75. The molecular formula is C13H26BrNO2. The number of rotatable bonds is 8. The summed E-state index contributed by atoms with van der Waals surface area (Å²) in [6.45, 7) is 4.71. The molecule has 0 N–H and O–H groups in total. The molecule has 0 bridgehead atoms. The van der Waals surface area contributed by atoms with Crippen molar-refractivity contribution in [2.45, 2.75) is 38.1 Å². The smallest absolute Gasteiger partial charge is 0.0700 e. The maximum absolute atomic E-state index is 5.50. The number of hydrogen-bond donors (Lipinski definition) is 0. The molecule has 1 rings (SSSR count). The van der Waals surface area contributed by atoms with E-state index < -0.39 is 0 Å². The molecule has 1 saturated heterocycles. The number of alkyl halides is 1. The highest BCUT2D eigenvalue weighted by molar-refractivity contribution is 9.09. The SMILES string of the molecule is COCCOCCCN1CCCCCC1CBr. The first kappa shape index (κ1) is 15.4. The molecule has 1 heterocycles. The molecule has 0 aliphatic carbocycles. The largest absolute Gasteiger partial charge is 0.382 e. The van der Waals surface area contributed by atoms with E-state index in [1.165, 1.54) is 38.8 Å². The van der Waals surface area contributed by atoms with Crippen LogP contribution < -0.4 is 0 Å². The minimum Gasteiger partial charge on any atom is -0.382 e. The summed E-state index contributed by atoms with van der Waals surface area (Å²) in [7, 11) is 1.71. The summed E-state index contributed by atoms with van der Waals surface area (Å²) in [5, 5.41) is 1.11. The average Bonchev–Trinajstić information content (AvgIpc) is 2.58. The Labute approximate surface area is 114 Å². The van der Waals surface area contributed by atoms with Crippen molar-refractivity contribution in [3.05, 3.63) is 0 Å². The lowest BCUT2D eigenvalue weighted by atomic mass is 10.1. The Morgan fingerprint density at radius 1 is 1.18 bits per heavy atom. The highest BCUT2D eigenvalue weighted by Gasteiger charge is 2.18. The predicted octanol–water partition coefficient (Wildman–Crippen LogP) is 2.68. The maximum Gasteiger partial charge on any atom is 0.0700 e. The summed E-state index contributed by atoms with van der Waals surface area (Å²) in [6, 6.07) is 0.733. The van der Waals surface area contributed by atoms with E-state index >= 15 is 0 Å². The van der Waals surface area contributed by atoms with Crippen molar-refractivity contribution in [2.24, 2.45) is 0 Å². The van der Waals surface area contributed by atoms with Crippen molar-refractivity contribution in [1.82, 2.24) is 4.90 Å². The van der Waals surface area contributed by atoms with Gasteiger partial charge in [-0.25, -0.2) is 0 Å². The summed E-state index contributed by atoms with van der Waals surface area (Å²) < 4.78 is 10.4. The number of likely N-dealkylation sites (tertiary alicyclic amines) is 1. The molecular weight excluding hydrogens is 282 g/mol. The molecule has 0 aromatic rings. The van der Waals surface area contributed by atoms with Gasteiger partial charge in [0.25, 0.3) is 0 Å². The van der Waals surface area contributed by atoms with Gasteiger partial charge in [0, 0.05) is 31.6 Å². The van der Waals surface area contributed by atoms with Gasteiger partial charge in [0.15, 0.2) is 0 Å². The molecule has 4 heteroatoms. The van der Waals surface area contributed by atoms with Gasteiger partial charge >= 0.3 is 0 Å². The molecule has 3 nitrogen and oxygen atoms in total. The van der Waals surface area contributed by atoms with Gasteiger partial charge in [0.1, 0.15) is 0 Å². The Balaban J connectivity index is 2.10. The lowest BCUT2D eigenvalue weighted by molar-refractivity contribution is 0.0634. The van der Waals surface area contributed by atoms with Crippen molar-refractivity contribution in [3.63, 3.8) is 0 Å². The zero-order chi connectivity index (χ0) is 12.3. The van der Waals surface area contributed by atoms with Crippen LogP contribution in [-0.2, 0) is 9.47 Å². The van der Waals surface area contributed by atoms with Crippen LogP contribution >= 0.6 is 15.9 Å². The Kier molecular flexibility index (Phi) is 9.34. The number of methoxy groups -OCH3 is 1. The van der Waals surface area contributed by atoms with Gasteiger partial charge in [0.2, 0.25) is 0 Å². The van der Waals surface area contributed by atoms with Crippen LogP contribution in [0.4, 0.5) is 0 Å². The topological polar surface area (TPSA) is 21.7 Å². The second kappa shape index (κ2) is 10.3. The second-order valence-corrected chi connectivity index (χ2v) is 5.30.